The first kappa shape index (κ1) is 23.2. The van der Waals surface area contributed by atoms with E-state index in [1.54, 1.807) is 4.90 Å². The number of anilines is 3. The second kappa shape index (κ2) is 8.72. The van der Waals surface area contributed by atoms with E-state index in [4.69, 9.17) is 9.97 Å². The highest BCUT2D eigenvalue weighted by atomic mass is 32.2. The highest BCUT2D eigenvalue weighted by molar-refractivity contribution is 7.85. The Hall–Kier alpha value is -3.21. The molecular weight excluding hydrogens is 478 g/mol. The van der Waals surface area contributed by atoms with E-state index in [1.807, 2.05) is 37.2 Å². The van der Waals surface area contributed by atoms with Crippen LogP contribution >= 0.6 is 0 Å². The van der Waals surface area contributed by atoms with Crippen molar-refractivity contribution in [3.8, 4) is 0 Å². The number of fused-ring (bicyclic) bond motifs is 3. The predicted molar refractivity (Wildman–Crippen MR) is 138 cm³/mol. The summed E-state index contributed by atoms with van der Waals surface area (Å²) in [5.41, 5.74) is 2.51. The van der Waals surface area contributed by atoms with Crippen LogP contribution in [0.3, 0.4) is 0 Å². The van der Waals surface area contributed by atoms with Gasteiger partial charge in [-0.05, 0) is 25.3 Å². The van der Waals surface area contributed by atoms with E-state index in [0.29, 0.717) is 54.9 Å². The Morgan fingerprint density at radius 2 is 1.89 bits per heavy atom. The SMILES string of the molecule is CN1C[C@@H](Nc2nc(N3CCC4(CC3)c3ccccc3NC(=O)N4C)nc3c2S(=O)CC3)CCC1=O. The van der Waals surface area contributed by atoms with Gasteiger partial charge in [0.15, 0.2) is 0 Å². The fourth-order valence-corrected chi connectivity index (χ4v) is 7.31. The number of aromatic nitrogens is 2. The molecule has 2 saturated heterocycles. The number of para-hydroxylation sites is 1. The molecule has 36 heavy (non-hydrogen) atoms. The number of carbonyl (C=O) groups is 2. The van der Waals surface area contributed by atoms with Crippen LogP contribution in [0.1, 0.15) is 36.9 Å². The molecule has 3 amide bonds. The van der Waals surface area contributed by atoms with Gasteiger partial charge >= 0.3 is 6.03 Å². The molecule has 11 heteroatoms. The number of urea groups is 1. The normalized spacial score (nSPS) is 25.0. The Labute approximate surface area is 212 Å². The Balaban J connectivity index is 1.27. The number of hydrogen-bond acceptors (Lipinski definition) is 7. The number of nitrogens with one attached hydrogen (secondary N) is 2. The van der Waals surface area contributed by atoms with Crippen LogP contribution in [0.15, 0.2) is 29.2 Å². The lowest BCUT2D eigenvalue weighted by atomic mass is 9.77. The van der Waals surface area contributed by atoms with Crippen molar-refractivity contribution in [1.29, 1.82) is 0 Å². The zero-order valence-corrected chi connectivity index (χ0v) is 21.4. The van der Waals surface area contributed by atoms with Crippen molar-refractivity contribution in [2.75, 3.05) is 55.0 Å². The lowest BCUT2D eigenvalue weighted by molar-refractivity contribution is -0.132. The number of piperidine rings is 2. The highest BCUT2D eigenvalue weighted by Crippen LogP contribution is 2.45. The summed E-state index contributed by atoms with van der Waals surface area (Å²) in [4.78, 5) is 40.9. The lowest BCUT2D eigenvalue weighted by Gasteiger charge is -2.50. The van der Waals surface area contributed by atoms with Gasteiger partial charge in [-0.25, -0.2) is 9.78 Å². The smallest absolute Gasteiger partial charge is 0.322 e. The molecule has 0 saturated carbocycles. The van der Waals surface area contributed by atoms with Crippen LogP contribution in [0, 0.1) is 0 Å². The molecule has 0 bridgehead atoms. The van der Waals surface area contributed by atoms with Gasteiger partial charge in [0.05, 0.1) is 22.0 Å². The maximum absolute atomic E-state index is 12.8. The predicted octanol–water partition coefficient (Wildman–Crippen LogP) is 2.15. The van der Waals surface area contributed by atoms with E-state index in [-0.39, 0.29) is 23.5 Å². The maximum Gasteiger partial charge on any atom is 0.322 e. The van der Waals surface area contributed by atoms with Crippen LogP contribution < -0.4 is 15.5 Å². The number of likely N-dealkylation sites (N-methyl/N-ethyl adjacent to an activating group) is 1. The minimum atomic E-state index is -1.12. The Bertz CT molecular complexity index is 1260. The number of nitrogens with zero attached hydrogens (tertiary/aromatic N) is 5. The molecule has 10 nitrogen and oxygen atoms in total. The Morgan fingerprint density at radius 3 is 2.67 bits per heavy atom. The van der Waals surface area contributed by atoms with Gasteiger partial charge < -0.3 is 25.3 Å². The molecule has 2 fully saturated rings. The van der Waals surface area contributed by atoms with Crippen LogP contribution in [0.2, 0.25) is 0 Å². The van der Waals surface area contributed by atoms with Gasteiger partial charge in [0.1, 0.15) is 10.7 Å². The average Bonchev–Trinajstić information content (AvgIpc) is 3.26. The number of benzene rings is 1. The average molecular weight is 510 g/mol. The third-order valence-electron chi connectivity index (χ3n) is 8.13. The van der Waals surface area contributed by atoms with Gasteiger partial charge in [0.2, 0.25) is 11.9 Å². The molecular formula is C25H31N7O3S. The van der Waals surface area contributed by atoms with Crippen LogP contribution in [0.5, 0.6) is 0 Å². The first-order valence-electron chi connectivity index (χ1n) is 12.5. The molecule has 190 valence electrons. The standard InChI is InChI=1S/C25H31N7O3S/c1-30-15-16(7-8-20(30)33)26-22-21-19(9-14-36(21)35)27-23(29-22)32-12-10-25(11-13-32)17-5-3-4-6-18(17)28-24(34)31(25)2/h3-6,16H,7-15H2,1-2H3,(H,28,34)(H,26,27,29)/t16-,36?/m0/s1. The quantitative estimate of drug-likeness (QED) is 0.652. The number of hydrogen-bond donors (Lipinski definition) is 2. The molecule has 2 N–H and O–H groups in total. The van der Waals surface area contributed by atoms with Crippen molar-refractivity contribution in [3.63, 3.8) is 0 Å². The summed E-state index contributed by atoms with van der Waals surface area (Å²) in [5.74, 6) is 1.99. The van der Waals surface area contributed by atoms with Crippen molar-refractivity contribution in [2.24, 2.45) is 0 Å². The topological polar surface area (TPSA) is 111 Å². The summed E-state index contributed by atoms with van der Waals surface area (Å²) in [6.07, 6.45) is 3.42. The van der Waals surface area contributed by atoms with Gasteiger partial charge in [-0.2, -0.15) is 4.98 Å². The molecule has 4 aliphatic heterocycles. The number of aryl methyl sites for hydroxylation is 1. The van der Waals surface area contributed by atoms with Gasteiger partial charge in [-0.15, -0.1) is 0 Å². The number of amides is 3. The first-order chi connectivity index (χ1) is 17.4. The van der Waals surface area contributed by atoms with E-state index in [9.17, 15) is 13.8 Å². The molecule has 2 aromatic rings. The number of rotatable bonds is 3. The fourth-order valence-electron chi connectivity index (χ4n) is 6.00. The summed E-state index contributed by atoms with van der Waals surface area (Å²) in [6.45, 7) is 2.00. The van der Waals surface area contributed by atoms with Crippen molar-refractivity contribution in [2.45, 2.75) is 48.6 Å². The van der Waals surface area contributed by atoms with E-state index in [1.165, 1.54) is 0 Å². The first-order valence-corrected chi connectivity index (χ1v) is 13.9. The monoisotopic (exact) mass is 509 g/mol. The summed E-state index contributed by atoms with van der Waals surface area (Å²) in [6, 6.07) is 8.02. The van der Waals surface area contributed by atoms with Crippen LogP contribution in [0.25, 0.3) is 0 Å². The van der Waals surface area contributed by atoms with E-state index in [2.05, 4.69) is 21.6 Å². The van der Waals surface area contributed by atoms with Gasteiger partial charge in [0, 0.05) is 69.6 Å². The zero-order chi connectivity index (χ0) is 25.0. The summed E-state index contributed by atoms with van der Waals surface area (Å²) in [5, 5.41) is 6.49. The van der Waals surface area contributed by atoms with Crippen molar-refractivity contribution in [3.05, 3.63) is 35.5 Å². The lowest BCUT2D eigenvalue weighted by Crippen LogP contribution is -2.57. The van der Waals surface area contributed by atoms with Crippen molar-refractivity contribution >= 4 is 40.2 Å². The third kappa shape index (κ3) is 3.71. The second-order valence-corrected chi connectivity index (χ2v) is 11.7. The van der Waals surface area contributed by atoms with E-state index < -0.39 is 10.8 Å². The van der Waals surface area contributed by atoms with Crippen LogP contribution in [-0.2, 0) is 27.6 Å². The molecule has 6 rings (SSSR count). The molecule has 1 spiro atoms. The molecule has 2 atom stereocenters. The third-order valence-corrected chi connectivity index (χ3v) is 9.59. The molecule has 0 aliphatic carbocycles. The van der Waals surface area contributed by atoms with Gasteiger partial charge in [-0.3, -0.25) is 9.00 Å². The molecule has 0 radical (unpaired) electrons. The highest BCUT2D eigenvalue weighted by Gasteiger charge is 2.46. The van der Waals surface area contributed by atoms with E-state index >= 15 is 0 Å². The molecule has 4 aliphatic rings. The molecule has 1 aromatic heterocycles. The summed E-state index contributed by atoms with van der Waals surface area (Å²) < 4.78 is 12.8. The maximum atomic E-state index is 12.8. The van der Waals surface area contributed by atoms with Gasteiger partial charge in [-0.1, -0.05) is 18.2 Å². The Morgan fingerprint density at radius 1 is 1.11 bits per heavy atom. The van der Waals surface area contributed by atoms with Crippen molar-refractivity contribution < 1.29 is 13.8 Å². The number of carbonyl (C=O) groups excluding carboxylic acids is 2. The van der Waals surface area contributed by atoms with Gasteiger partial charge in [0.25, 0.3) is 0 Å². The largest absolute Gasteiger partial charge is 0.364 e. The Kier molecular flexibility index (Phi) is 5.62. The second-order valence-electron chi connectivity index (χ2n) is 10.2. The van der Waals surface area contributed by atoms with Crippen LogP contribution in [0.4, 0.5) is 22.2 Å². The fraction of sp³-hybridized carbons (Fsp3) is 0.520. The van der Waals surface area contributed by atoms with Crippen LogP contribution in [-0.4, -0.2) is 81.4 Å². The zero-order valence-electron chi connectivity index (χ0n) is 20.6. The van der Waals surface area contributed by atoms with E-state index in [0.717, 1.165) is 36.2 Å². The van der Waals surface area contributed by atoms with Crippen molar-refractivity contribution in [1.82, 2.24) is 19.8 Å². The molecule has 1 aromatic carbocycles. The minimum absolute atomic E-state index is 0.0627. The summed E-state index contributed by atoms with van der Waals surface area (Å²) in [7, 11) is 2.56. The minimum Gasteiger partial charge on any atom is -0.364 e. The summed E-state index contributed by atoms with van der Waals surface area (Å²) >= 11 is 0. The molecule has 1 unspecified atom stereocenters. The number of likely N-dealkylation sites (tertiary alicyclic amines) is 1. The molecule has 5 heterocycles.